The molecule has 0 saturated heterocycles. The van der Waals surface area contributed by atoms with Crippen LogP contribution in [0.2, 0.25) is 0 Å². The second-order valence-corrected chi connectivity index (χ2v) is 20.0. The van der Waals surface area contributed by atoms with Gasteiger partial charge in [-0.2, -0.15) is 0 Å². The van der Waals surface area contributed by atoms with Gasteiger partial charge in [-0.15, -0.1) is 22.7 Å². The lowest BCUT2D eigenvalue weighted by Gasteiger charge is -2.23. The Morgan fingerprint density at radius 1 is 0.354 bits per heavy atom. The number of fused-ring (bicyclic) bond motifs is 11. The molecule has 0 N–H and O–H groups in total. The summed E-state index contributed by atoms with van der Waals surface area (Å²) in [5.41, 5.74) is 10.6. The van der Waals surface area contributed by atoms with Gasteiger partial charge in [-0.1, -0.05) is 177 Å². The maximum absolute atomic E-state index is 2.58. The predicted octanol–water partition coefficient (Wildman–Crippen LogP) is 19.2. The van der Waals surface area contributed by atoms with Crippen LogP contribution in [0.15, 0.2) is 200 Å². The first kappa shape index (κ1) is 37.1. The van der Waals surface area contributed by atoms with Gasteiger partial charge in [0, 0.05) is 52.2 Å². The summed E-state index contributed by atoms with van der Waals surface area (Å²) in [7, 11) is 0. The molecule has 0 nitrogen and oxygen atoms in total. The molecule has 65 heavy (non-hydrogen) atoms. The molecule has 2 aromatic heterocycles. The molecule has 1 aliphatic carbocycles. The Hall–Kier alpha value is -7.36. The summed E-state index contributed by atoms with van der Waals surface area (Å²) >= 11 is 3.89. The van der Waals surface area contributed by atoms with Crippen molar-refractivity contribution in [3.05, 3.63) is 211 Å². The Morgan fingerprint density at radius 3 is 1.29 bits per heavy atom. The molecular formula is C63H40S2. The zero-order valence-corrected chi connectivity index (χ0v) is 37.4. The van der Waals surface area contributed by atoms with Crippen LogP contribution in [0.1, 0.15) is 30.4 Å². The Labute approximate surface area is 385 Å². The lowest BCUT2D eigenvalue weighted by Crippen LogP contribution is -2.01. The smallest absolute Gasteiger partial charge is 0.0446 e. The third-order valence-corrected chi connectivity index (χ3v) is 16.6. The summed E-state index contributed by atoms with van der Waals surface area (Å²) in [6.07, 6.45) is 5.79. The molecule has 2 heteroatoms. The summed E-state index contributed by atoms with van der Waals surface area (Å²) in [5, 5.41) is 18.1. The zero-order chi connectivity index (χ0) is 42.8. The lowest BCUT2D eigenvalue weighted by molar-refractivity contribution is 0.773. The van der Waals surface area contributed by atoms with Gasteiger partial charge >= 0.3 is 0 Å². The van der Waals surface area contributed by atoms with Crippen molar-refractivity contribution in [2.75, 3.05) is 0 Å². The average molecular weight is 861 g/mol. The van der Waals surface area contributed by atoms with E-state index in [1.165, 1.54) is 139 Å². The van der Waals surface area contributed by atoms with E-state index in [0.29, 0.717) is 5.92 Å². The molecule has 1 unspecified atom stereocenters. The molecule has 1 aliphatic rings. The van der Waals surface area contributed by atoms with Crippen LogP contribution < -0.4 is 0 Å². The van der Waals surface area contributed by atoms with E-state index in [4.69, 9.17) is 0 Å². The second kappa shape index (κ2) is 14.3. The number of rotatable bonds is 4. The summed E-state index contributed by atoms with van der Waals surface area (Å²) < 4.78 is 2.61. The molecular weight excluding hydrogens is 821 g/mol. The topological polar surface area (TPSA) is 0 Å². The van der Waals surface area contributed by atoms with Crippen LogP contribution in [0.25, 0.3) is 134 Å². The van der Waals surface area contributed by atoms with Gasteiger partial charge in [0.1, 0.15) is 0 Å². The quantitative estimate of drug-likeness (QED) is 0.122. The Kier molecular flexibility index (Phi) is 8.17. The van der Waals surface area contributed by atoms with Crippen molar-refractivity contribution in [3.63, 3.8) is 0 Å². The van der Waals surface area contributed by atoms with E-state index < -0.39 is 0 Å². The van der Waals surface area contributed by atoms with E-state index in [2.05, 4.69) is 213 Å². The van der Waals surface area contributed by atoms with E-state index in [-0.39, 0.29) is 0 Å². The summed E-state index contributed by atoms with van der Waals surface area (Å²) in [5.74, 6) is 0.421. The van der Waals surface area contributed by atoms with Gasteiger partial charge < -0.3 is 0 Å². The number of allylic oxidation sites excluding steroid dienone is 1. The number of benzene rings is 11. The first-order valence-electron chi connectivity index (χ1n) is 22.7. The molecule has 0 bridgehead atoms. The van der Waals surface area contributed by atoms with Gasteiger partial charge in [-0.05, 0) is 136 Å². The molecule has 1 atom stereocenters. The first-order valence-corrected chi connectivity index (χ1v) is 24.3. The molecule has 0 amide bonds. The molecule has 11 aromatic carbocycles. The van der Waals surface area contributed by atoms with Gasteiger partial charge in [-0.25, -0.2) is 0 Å². The van der Waals surface area contributed by atoms with Crippen LogP contribution in [0.4, 0.5) is 0 Å². The fourth-order valence-electron chi connectivity index (χ4n) is 11.2. The third kappa shape index (κ3) is 5.61. The van der Waals surface area contributed by atoms with Gasteiger partial charge in [0.15, 0.2) is 0 Å². The molecule has 0 saturated carbocycles. The van der Waals surface area contributed by atoms with Gasteiger partial charge in [-0.3, -0.25) is 0 Å². The number of hydrogen-bond donors (Lipinski definition) is 0. The Balaban J connectivity index is 1.12. The molecule has 0 radical (unpaired) electrons. The van der Waals surface area contributed by atoms with Crippen LogP contribution in [-0.2, 0) is 0 Å². The molecule has 13 aromatic rings. The minimum Gasteiger partial charge on any atom is -0.134 e. The van der Waals surface area contributed by atoms with Crippen LogP contribution in [0, 0.1) is 0 Å². The monoisotopic (exact) mass is 860 g/mol. The number of hydrogen-bond acceptors (Lipinski definition) is 2. The summed E-state index contributed by atoms with van der Waals surface area (Å²) in [6, 6.07) is 73.5. The van der Waals surface area contributed by atoms with Crippen molar-refractivity contribution in [1.29, 1.82) is 0 Å². The van der Waals surface area contributed by atoms with Crippen LogP contribution in [0.5, 0.6) is 0 Å². The van der Waals surface area contributed by atoms with Crippen molar-refractivity contribution in [2.45, 2.75) is 19.3 Å². The first-order chi connectivity index (χ1) is 32.1. The van der Waals surface area contributed by atoms with E-state index in [1.54, 1.807) is 0 Å². The van der Waals surface area contributed by atoms with Gasteiger partial charge in [0.25, 0.3) is 0 Å². The van der Waals surface area contributed by atoms with E-state index in [0.717, 1.165) is 6.42 Å². The highest BCUT2D eigenvalue weighted by atomic mass is 32.1. The third-order valence-electron chi connectivity index (χ3n) is 14.3. The van der Waals surface area contributed by atoms with E-state index >= 15 is 0 Å². The zero-order valence-electron chi connectivity index (χ0n) is 35.7. The minimum atomic E-state index is 0.421. The van der Waals surface area contributed by atoms with E-state index in [1.807, 2.05) is 22.7 Å². The van der Waals surface area contributed by atoms with Gasteiger partial charge in [0.05, 0.1) is 0 Å². The predicted molar refractivity (Wildman–Crippen MR) is 286 cm³/mol. The fourth-order valence-corrected chi connectivity index (χ4v) is 13.8. The highest BCUT2D eigenvalue weighted by Gasteiger charge is 2.27. The fraction of sp³-hybridized carbons (Fsp3) is 0.0476. The normalized spacial score (nSPS) is 14.0. The summed E-state index contributed by atoms with van der Waals surface area (Å²) in [6.45, 7) is 2.40. The standard InChI is InChI=1S/C63H40S2/c1-37-13-12-16-42-33-54-55(36-51(37)42)61(63-59(50-22-9-11-24-57(50)65-63)44-32-30-41-28-26-39-15-3-5-18-46(39)53(41)35-44)48-20-7-6-19-47(48)60(54)62-58(49-21-8-10-23-56(49)64-62)43-31-29-40-27-25-38-14-2-4-17-45(38)52(40)34-43/h2-12,14-37H,13H2,1H3. The van der Waals surface area contributed by atoms with Crippen molar-refractivity contribution in [3.8, 4) is 43.1 Å². The molecule has 14 rings (SSSR count). The average Bonchev–Trinajstić information content (AvgIpc) is 3.94. The van der Waals surface area contributed by atoms with Crippen molar-refractivity contribution < 1.29 is 0 Å². The number of thiophene rings is 2. The van der Waals surface area contributed by atoms with Gasteiger partial charge in [0.2, 0.25) is 0 Å². The largest absolute Gasteiger partial charge is 0.134 e. The van der Waals surface area contributed by atoms with Crippen molar-refractivity contribution >= 4 is 114 Å². The lowest BCUT2D eigenvalue weighted by atomic mass is 9.81. The van der Waals surface area contributed by atoms with Crippen molar-refractivity contribution in [1.82, 2.24) is 0 Å². The van der Waals surface area contributed by atoms with Crippen LogP contribution >= 0.6 is 22.7 Å². The minimum absolute atomic E-state index is 0.421. The maximum Gasteiger partial charge on any atom is 0.0446 e. The Morgan fingerprint density at radius 2 is 0.769 bits per heavy atom. The Bertz CT molecular complexity index is 4180. The molecule has 0 spiro atoms. The molecule has 2 heterocycles. The molecule has 304 valence electrons. The van der Waals surface area contributed by atoms with Crippen LogP contribution in [-0.4, -0.2) is 0 Å². The van der Waals surface area contributed by atoms with E-state index in [9.17, 15) is 0 Å². The SMILES string of the molecule is CC1CC=Cc2cc3c(-c4sc5ccccc5c4-c4ccc5ccc6ccccc6c5c4)c4ccccc4c(-c4sc5ccccc5c4-c4ccc5ccc6ccccc6c5c4)c3cc21. The second-order valence-electron chi connectivity index (χ2n) is 17.9. The summed E-state index contributed by atoms with van der Waals surface area (Å²) in [4.78, 5) is 2.65. The highest BCUT2D eigenvalue weighted by molar-refractivity contribution is 7.23. The van der Waals surface area contributed by atoms with Crippen molar-refractivity contribution in [2.24, 2.45) is 0 Å². The molecule has 0 aliphatic heterocycles. The molecule has 0 fully saturated rings. The van der Waals surface area contributed by atoms with Crippen LogP contribution in [0.3, 0.4) is 0 Å². The highest BCUT2D eigenvalue weighted by Crippen LogP contribution is 2.56. The maximum atomic E-state index is 2.58.